The quantitative estimate of drug-likeness (QED) is 0.293. The highest BCUT2D eigenvalue weighted by Gasteiger charge is 2.52. The molecule has 0 radical (unpaired) electrons. The Balaban J connectivity index is 2.82. The first kappa shape index (κ1) is 31.9. The summed E-state index contributed by atoms with van der Waals surface area (Å²) in [5.41, 5.74) is 0.303. The van der Waals surface area contributed by atoms with Crippen LogP contribution in [0, 0.1) is 0 Å². The van der Waals surface area contributed by atoms with Crippen LogP contribution in [-0.4, -0.2) is 91.9 Å². The Morgan fingerprint density at radius 2 is 1.16 bits per heavy atom. The van der Waals surface area contributed by atoms with Crippen LogP contribution in [0.15, 0.2) is 12.1 Å². The Bertz CT molecular complexity index is 820. The van der Waals surface area contributed by atoms with E-state index in [9.17, 15) is 9.90 Å². The van der Waals surface area contributed by atoms with E-state index in [0.29, 0.717) is 56.4 Å². The number of carbonyl (C=O) groups excluding carboxylic acids is 1. The molecule has 10 nitrogen and oxygen atoms in total. The van der Waals surface area contributed by atoms with Crippen LogP contribution in [0.2, 0.25) is 0 Å². The standard InChI is InChI=1S/C25H46N2O8Si2/c1-10-30-36(31-11-2,32-12-3)21-17-19(16-20-24(29)27(9)25(7,8)26-20)18-22(23(21)28)37(33-13-4,34-14-5)35-15-6/h17-18,20,26,28H,10-16H2,1-9H3/t20-/m0/s1. The average molecular weight is 559 g/mol. The number of likely N-dealkylation sites (N-methyl/N-ethyl adjacent to an activating group) is 1. The number of carbonyl (C=O) groups is 1. The lowest BCUT2D eigenvalue weighted by molar-refractivity contribution is -0.129. The van der Waals surface area contributed by atoms with E-state index in [-0.39, 0.29) is 11.7 Å². The second kappa shape index (κ2) is 13.6. The molecule has 0 bridgehead atoms. The number of nitrogens with one attached hydrogen (secondary N) is 1. The second-order valence-electron chi connectivity index (χ2n) is 9.11. The Hall–Kier alpha value is -1.36. The average Bonchev–Trinajstić information content (AvgIpc) is 3.02. The maximum absolute atomic E-state index is 13.1. The molecule has 1 heterocycles. The van der Waals surface area contributed by atoms with Crippen LogP contribution < -0.4 is 15.7 Å². The van der Waals surface area contributed by atoms with Crippen molar-refractivity contribution < 1.29 is 36.5 Å². The highest BCUT2D eigenvalue weighted by molar-refractivity contribution is 6.80. The van der Waals surface area contributed by atoms with Crippen LogP contribution in [0.25, 0.3) is 0 Å². The Kier molecular flexibility index (Phi) is 11.7. The van der Waals surface area contributed by atoms with E-state index in [2.05, 4.69) is 5.32 Å². The van der Waals surface area contributed by atoms with E-state index in [4.69, 9.17) is 26.6 Å². The van der Waals surface area contributed by atoms with Crippen molar-refractivity contribution in [1.29, 1.82) is 0 Å². The van der Waals surface area contributed by atoms with Crippen molar-refractivity contribution in [2.45, 2.75) is 73.5 Å². The smallest absolute Gasteiger partial charge is 0.508 e. The summed E-state index contributed by atoms with van der Waals surface area (Å²) in [6.45, 7) is 17.1. The molecular weight excluding hydrogens is 512 g/mol. The first-order valence-electron chi connectivity index (χ1n) is 13.3. The monoisotopic (exact) mass is 558 g/mol. The van der Waals surface area contributed by atoms with Gasteiger partial charge in [0, 0.05) is 46.7 Å². The molecular formula is C25H46N2O8Si2. The van der Waals surface area contributed by atoms with E-state index in [1.54, 1.807) is 11.9 Å². The van der Waals surface area contributed by atoms with Crippen LogP contribution in [0.3, 0.4) is 0 Å². The fraction of sp³-hybridized carbons (Fsp3) is 0.720. The van der Waals surface area contributed by atoms with E-state index in [1.807, 2.05) is 67.5 Å². The predicted octanol–water partition coefficient (Wildman–Crippen LogP) is 1.61. The molecule has 1 aliphatic rings. The van der Waals surface area contributed by atoms with Gasteiger partial charge in [-0.2, -0.15) is 0 Å². The third-order valence-corrected chi connectivity index (χ3v) is 12.4. The van der Waals surface area contributed by atoms with Crippen molar-refractivity contribution >= 4 is 33.9 Å². The molecule has 1 fully saturated rings. The molecule has 0 aromatic heterocycles. The lowest BCUT2D eigenvalue weighted by atomic mass is 10.1. The maximum atomic E-state index is 13.1. The summed E-state index contributed by atoms with van der Waals surface area (Å²) in [5.74, 6) is -0.0806. The molecule has 0 aliphatic carbocycles. The normalized spacial score (nSPS) is 18.1. The number of nitrogens with zero attached hydrogens (tertiary/aromatic N) is 1. The van der Waals surface area contributed by atoms with E-state index in [0.717, 1.165) is 5.56 Å². The van der Waals surface area contributed by atoms with Gasteiger partial charge in [-0.15, -0.1) is 0 Å². The number of phenolic OH excluding ortho intramolecular Hbond substituents is 1. The molecule has 12 heteroatoms. The van der Waals surface area contributed by atoms with E-state index >= 15 is 0 Å². The first-order valence-corrected chi connectivity index (χ1v) is 16.7. The fourth-order valence-corrected chi connectivity index (χ4v) is 10.0. The van der Waals surface area contributed by atoms with Gasteiger partial charge < -0.3 is 36.6 Å². The Labute approximate surface area is 224 Å². The summed E-state index contributed by atoms with van der Waals surface area (Å²) in [5, 5.41) is 16.0. The molecule has 0 saturated carbocycles. The molecule has 2 rings (SSSR count). The van der Waals surface area contributed by atoms with Gasteiger partial charge in [0.05, 0.1) is 22.1 Å². The summed E-state index contributed by atoms with van der Waals surface area (Å²) < 4.78 is 36.9. The topological polar surface area (TPSA) is 108 Å². The highest BCUT2D eigenvalue weighted by Crippen LogP contribution is 2.26. The Morgan fingerprint density at radius 3 is 1.43 bits per heavy atom. The van der Waals surface area contributed by atoms with Crippen LogP contribution >= 0.6 is 0 Å². The predicted molar refractivity (Wildman–Crippen MR) is 146 cm³/mol. The molecule has 1 aromatic carbocycles. The molecule has 1 saturated heterocycles. The van der Waals surface area contributed by atoms with Crippen LogP contribution in [0.5, 0.6) is 5.75 Å². The van der Waals surface area contributed by atoms with Gasteiger partial charge >= 0.3 is 17.6 Å². The SMILES string of the molecule is CCO[Si](OCC)(OCC)c1cc(C[C@@H]2NC(C)(C)N(C)C2=O)cc([Si](OCC)(OCC)OCC)c1O. The summed E-state index contributed by atoms with van der Waals surface area (Å²) >= 11 is 0. The van der Waals surface area contributed by atoms with Gasteiger partial charge in [-0.1, -0.05) is 0 Å². The largest absolute Gasteiger partial charge is 0.541 e. The third-order valence-electron chi connectivity index (χ3n) is 6.27. The Morgan fingerprint density at radius 1 is 0.811 bits per heavy atom. The molecule has 1 aromatic rings. The van der Waals surface area contributed by atoms with Gasteiger partial charge in [0.2, 0.25) is 5.91 Å². The van der Waals surface area contributed by atoms with Crippen molar-refractivity contribution in [2.75, 3.05) is 46.7 Å². The van der Waals surface area contributed by atoms with Crippen molar-refractivity contribution in [1.82, 2.24) is 10.2 Å². The molecule has 2 N–H and O–H groups in total. The highest BCUT2D eigenvalue weighted by atomic mass is 28.4. The number of hydrogen-bond donors (Lipinski definition) is 2. The minimum atomic E-state index is -3.55. The third kappa shape index (κ3) is 6.81. The second-order valence-corrected chi connectivity index (χ2v) is 14.1. The zero-order valence-electron chi connectivity index (χ0n) is 23.9. The molecule has 37 heavy (non-hydrogen) atoms. The molecule has 0 spiro atoms. The van der Waals surface area contributed by atoms with Crippen LogP contribution in [0.1, 0.15) is 61.0 Å². The van der Waals surface area contributed by atoms with Gasteiger partial charge in [-0.05, 0) is 79.5 Å². The fourth-order valence-electron chi connectivity index (χ4n) is 4.60. The zero-order chi connectivity index (χ0) is 27.9. The van der Waals surface area contributed by atoms with Gasteiger partial charge in [-0.3, -0.25) is 10.1 Å². The van der Waals surface area contributed by atoms with Crippen LogP contribution in [-0.2, 0) is 37.8 Å². The van der Waals surface area contributed by atoms with Crippen molar-refractivity contribution in [3.05, 3.63) is 17.7 Å². The van der Waals surface area contributed by atoms with E-state index < -0.39 is 29.3 Å². The molecule has 212 valence electrons. The van der Waals surface area contributed by atoms with Gasteiger partial charge in [0.1, 0.15) is 5.75 Å². The first-order chi connectivity index (χ1) is 17.5. The molecule has 1 atom stereocenters. The van der Waals surface area contributed by atoms with Crippen molar-refractivity contribution in [2.24, 2.45) is 0 Å². The molecule has 1 amide bonds. The number of benzene rings is 1. The minimum Gasteiger partial charge on any atom is -0.508 e. The maximum Gasteiger partial charge on any atom is 0.541 e. The molecule has 0 unspecified atom stereocenters. The lowest BCUT2D eigenvalue weighted by Gasteiger charge is -2.33. The molecule has 1 aliphatic heterocycles. The number of amides is 1. The van der Waals surface area contributed by atoms with Gasteiger partial charge in [0.15, 0.2) is 0 Å². The summed E-state index contributed by atoms with van der Waals surface area (Å²) in [6.07, 6.45) is 0.372. The lowest BCUT2D eigenvalue weighted by Crippen LogP contribution is -2.62. The summed E-state index contributed by atoms with van der Waals surface area (Å²) in [6, 6.07) is 3.21. The number of aromatic hydroxyl groups is 1. The van der Waals surface area contributed by atoms with Gasteiger partial charge in [0.25, 0.3) is 0 Å². The van der Waals surface area contributed by atoms with E-state index in [1.165, 1.54) is 0 Å². The van der Waals surface area contributed by atoms with Gasteiger partial charge in [-0.25, -0.2) is 0 Å². The summed E-state index contributed by atoms with van der Waals surface area (Å²) in [7, 11) is -5.31. The van der Waals surface area contributed by atoms with Crippen molar-refractivity contribution in [3.63, 3.8) is 0 Å². The number of rotatable bonds is 16. The van der Waals surface area contributed by atoms with Crippen molar-refractivity contribution in [3.8, 4) is 5.75 Å². The number of phenols is 1. The van der Waals surface area contributed by atoms with Crippen LogP contribution in [0.4, 0.5) is 0 Å². The summed E-state index contributed by atoms with van der Waals surface area (Å²) in [4.78, 5) is 14.8. The zero-order valence-corrected chi connectivity index (χ0v) is 25.9. The number of hydrogen-bond acceptors (Lipinski definition) is 9. The minimum absolute atomic E-state index is 0.00737.